The van der Waals surface area contributed by atoms with Gasteiger partial charge in [-0.05, 0) is 24.6 Å². The van der Waals surface area contributed by atoms with Crippen LogP contribution in [-0.4, -0.2) is 14.9 Å². The minimum atomic E-state index is 0.0905. The van der Waals surface area contributed by atoms with Gasteiger partial charge in [0.2, 0.25) is 0 Å². The van der Waals surface area contributed by atoms with Crippen LogP contribution in [0.2, 0.25) is 0 Å². The van der Waals surface area contributed by atoms with Crippen LogP contribution in [0.3, 0.4) is 0 Å². The summed E-state index contributed by atoms with van der Waals surface area (Å²) in [6.07, 6.45) is 1.83. The number of aromatic nitrogens is 2. The zero-order chi connectivity index (χ0) is 9.26. The summed E-state index contributed by atoms with van der Waals surface area (Å²) in [7, 11) is 0. The Morgan fingerprint density at radius 1 is 1.46 bits per heavy atom. The third-order valence-corrected chi connectivity index (χ3v) is 2.19. The van der Waals surface area contributed by atoms with E-state index in [1.54, 1.807) is 0 Å². The number of aryl methyl sites for hydroxylation is 1. The van der Waals surface area contributed by atoms with Crippen LogP contribution in [0.1, 0.15) is 12.5 Å². The largest absolute Gasteiger partial charge is 0.392 e. The van der Waals surface area contributed by atoms with Crippen molar-refractivity contribution >= 4 is 10.9 Å². The molecule has 0 radical (unpaired) electrons. The summed E-state index contributed by atoms with van der Waals surface area (Å²) in [5.74, 6) is 0. The first-order valence-electron chi connectivity index (χ1n) is 4.40. The summed E-state index contributed by atoms with van der Waals surface area (Å²) in [6.45, 7) is 3.03. The Morgan fingerprint density at radius 2 is 2.31 bits per heavy atom. The summed E-state index contributed by atoms with van der Waals surface area (Å²) >= 11 is 0. The van der Waals surface area contributed by atoms with Crippen LogP contribution in [0, 0.1) is 0 Å². The molecule has 13 heavy (non-hydrogen) atoms. The van der Waals surface area contributed by atoms with Crippen LogP contribution in [0.5, 0.6) is 0 Å². The van der Waals surface area contributed by atoms with Crippen molar-refractivity contribution in [3.63, 3.8) is 0 Å². The van der Waals surface area contributed by atoms with Crippen molar-refractivity contribution in [3.8, 4) is 0 Å². The number of nitrogens with zero attached hydrogens (tertiary/aromatic N) is 2. The van der Waals surface area contributed by atoms with Gasteiger partial charge >= 0.3 is 0 Å². The SMILES string of the molecule is CCn1ncc2cc(CO)ccc21. The minimum Gasteiger partial charge on any atom is -0.392 e. The summed E-state index contributed by atoms with van der Waals surface area (Å²) < 4.78 is 1.94. The number of hydrogen-bond donors (Lipinski definition) is 1. The monoisotopic (exact) mass is 176 g/mol. The molecule has 0 amide bonds. The van der Waals surface area contributed by atoms with Crippen molar-refractivity contribution < 1.29 is 5.11 Å². The fourth-order valence-electron chi connectivity index (χ4n) is 1.49. The number of rotatable bonds is 2. The Kier molecular flexibility index (Phi) is 2.02. The van der Waals surface area contributed by atoms with Gasteiger partial charge in [-0.15, -0.1) is 0 Å². The first kappa shape index (κ1) is 8.26. The van der Waals surface area contributed by atoms with Crippen LogP contribution in [0.25, 0.3) is 10.9 Å². The molecule has 0 saturated carbocycles. The topological polar surface area (TPSA) is 38.0 Å². The minimum absolute atomic E-state index is 0.0905. The van der Waals surface area contributed by atoms with Gasteiger partial charge in [-0.25, -0.2) is 0 Å². The molecule has 3 heteroatoms. The predicted molar refractivity (Wildman–Crippen MR) is 51.3 cm³/mol. The standard InChI is InChI=1S/C10H12N2O/c1-2-12-10-4-3-8(7-13)5-9(10)6-11-12/h3-6,13H,2,7H2,1H3. The highest BCUT2D eigenvalue weighted by atomic mass is 16.3. The average Bonchev–Trinajstić information content (AvgIpc) is 2.59. The van der Waals surface area contributed by atoms with Gasteiger partial charge in [0.25, 0.3) is 0 Å². The number of aliphatic hydroxyl groups excluding tert-OH is 1. The van der Waals surface area contributed by atoms with Crippen molar-refractivity contribution in [1.29, 1.82) is 0 Å². The molecule has 0 fully saturated rings. The van der Waals surface area contributed by atoms with Gasteiger partial charge in [-0.1, -0.05) is 6.07 Å². The second kappa shape index (κ2) is 3.18. The zero-order valence-corrected chi connectivity index (χ0v) is 7.57. The summed E-state index contributed by atoms with van der Waals surface area (Å²) in [6, 6.07) is 5.89. The zero-order valence-electron chi connectivity index (χ0n) is 7.57. The molecule has 0 aliphatic rings. The molecule has 1 aromatic heterocycles. The Bertz CT molecular complexity index is 420. The third-order valence-electron chi connectivity index (χ3n) is 2.19. The fraction of sp³-hybridized carbons (Fsp3) is 0.300. The predicted octanol–water partition coefficient (Wildman–Crippen LogP) is 1.55. The van der Waals surface area contributed by atoms with E-state index in [9.17, 15) is 0 Å². The van der Waals surface area contributed by atoms with E-state index in [0.717, 1.165) is 23.0 Å². The van der Waals surface area contributed by atoms with Crippen molar-refractivity contribution in [1.82, 2.24) is 9.78 Å². The lowest BCUT2D eigenvalue weighted by molar-refractivity contribution is 0.282. The van der Waals surface area contributed by atoms with Gasteiger partial charge in [-0.2, -0.15) is 5.10 Å². The van der Waals surface area contributed by atoms with Crippen molar-refractivity contribution in [2.24, 2.45) is 0 Å². The highest BCUT2D eigenvalue weighted by Crippen LogP contribution is 2.15. The molecule has 1 N–H and O–H groups in total. The third kappa shape index (κ3) is 1.31. The van der Waals surface area contributed by atoms with Crippen LogP contribution in [-0.2, 0) is 13.2 Å². The smallest absolute Gasteiger partial charge is 0.0682 e. The molecule has 3 nitrogen and oxygen atoms in total. The number of hydrogen-bond acceptors (Lipinski definition) is 2. The van der Waals surface area contributed by atoms with Crippen molar-refractivity contribution in [3.05, 3.63) is 30.0 Å². The number of benzene rings is 1. The first-order valence-corrected chi connectivity index (χ1v) is 4.40. The van der Waals surface area contributed by atoms with Gasteiger partial charge < -0.3 is 5.11 Å². The quantitative estimate of drug-likeness (QED) is 0.753. The molecule has 0 unspecified atom stereocenters. The molecule has 0 aliphatic heterocycles. The van der Waals surface area contributed by atoms with E-state index in [2.05, 4.69) is 12.0 Å². The normalized spacial score (nSPS) is 10.9. The molecule has 1 heterocycles. The van der Waals surface area contributed by atoms with E-state index in [4.69, 9.17) is 5.11 Å². The van der Waals surface area contributed by atoms with E-state index in [1.165, 1.54) is 0 Å². The van der Waals surface area contributed by atoms with Crippen molar-refractivity contribution in [2.75, 3.05) is 0 Å². The maximum atomic E-state index is 8.93. The molecule has 0 spiro atoms. The van der Waals surface area contributed by atoms with Gasteiger partial charge in [-0.3, -0.25) is 4.68 Å². The maximum Gasteiger partial charge on any atom is 0.0682 e. The van der Waals surface area contributed by atoms with Crippen LogP contribution in [0.15, 0.2) is 24.4 Å². The summed E-state index contributed by atoms with van der Waals surface area (Å²) in [4.78, 5) is 0. The molecule has 2 aromatic rings. The summed E-state index contributed by atoms with van der Waals surface area (Å²) in [5, 5.41) is 14.2. The maximum absolute atomic E-state index is 8.93. The molecule has 0 atom stereocenters. The molecule has 0 bridgehead atoms. The highest BCUT2D eigenvalue weighted by Gasteiger charge is 2.00. The molecule has 0 aliphatic carbocycles. The summed E-state index contributed by atoms with van der Waals surface area (Å²) in [5.41, 5.74) is 2.06. The lowest BCUT2D eigenvalue weighted by atomic mass is 10.2. The Hall–Kier alpha value is -1.35. The van der Waals surface area contributed by atoms with E-state index in [0.29, 0.717) is 0 Å². The first-order chi connectivity index (χ1) is 6.35. The van der Waals surface area contributed by atoms with E-state index in [-0.39, 0.29) is 6.61 Å². The molecule has 2 rings (SSSR count). The lowest BCUT2D eigenvalue weighted by Gasteiger charge is -1.99. The van der Waals surface area contributed by atoms with E-state index < -0.39 is 0 Å². The highest BCUT2D eigenvalue weighted by molar-refractivity contribution is 5.79. The van der Waals surface area contributed by atoms with E-state index >= 15 is 0 Å². The lowest BCUT2D eigenvalue weighted by Crippen LogP contribution is -1.95. The molecule has 68 valence electrons. The Balaban J connectivity index is 2.61. The second-order valence-corrected chi connectivity index (χ2v) is 3.01. The van der Waals surface area contributed by atoms with E-state index in [1.807, 2.05) is 29.1 Å². The second-order valence-electron chi connectivity index (χ2n) is 3.01. The van der Waals surface area contributed by atoms with Gasteiger partial charge in [0.05, 0.1) is 18.3 Å². The molecular weight excluding hydrogens is 164 g/mol. The van der Waals surface area contributed by atoms with Gasteiger partial charge in [0.1, 0.15) is 0 Å². The van der Waals surface area contributed by atoms with Gasteiger partial charge in [0.15, 0.2) is 0 Å². The van der Waals surface area contributed by atoms with Crippen molar-refractivity contribution in [2.45, 2.75) is 20.1 Å². The van der Waals surface area contributed by atoms with Crippen LogP contribution < -0.4 is 0 Å². The fourth-order valence-corrected chi connectivity index (χ4v) is 1.49. The molecule has 1 aromatic carbocycles. The van der Waals surface area contributed by atoms with Crippen LogP contribution >= 0.6 is 0 Å². The number of aliphatic hydroxyl groups is 1. The van der Waals surface area contributed by atoms with Gasteiger partial charge in [0, 0.05) is 11.9 Å². The Labute approximate surface area is 76.6 Å². The average molecular weight is 176 g/mol. The molecule has 0 saturated heterocycles. The molecular formula is C10H12N2O. The number of fused-ring (bicyclic) bond motifs is 1. The van der Waals surface area contributed by atoms with Crippen LogP contribution in [0.4, 0.5) is 0 Å². The Morgan fingerprint density at radius 3 is 3.00 bits per heavy atom.